The fourth-order valence-electron chi connectivity index (χ4n) is 2.26. The van der Waals surface area contributed by atoms with Gasteiger partial charge in [0.1, 0.15) is 12.3 Å². The molecule has 1 aliphatic rings. The van der Waals surface area contributed by atoms with E-state index >= 15 is 0 Å². The lowest BCUT2D eigenvalue weighted by atomic mass is 10.2. The minimum atomic E-state index is -0.874. The van der Waals surface area contributed by atoms with Crippen molar-refractivity contribution in [2.24, 2.45) is 0 Å². The average molecular weight is 298 g/mol. The smallest absolute Gasteiger partial charge is 0.337 e. The lowest BCUT2D eigenvalue weighted by molar-refractivity contribution is -0.0461. The number of hydrogen-bond acceptors (Lipinski definition) is 6. The van der Waals surface area contributed by atoms with Gasteiger partial charge in [-0.1, -0.05) is 0 Å². The highest BCUT2D eigenvalue weighted by atomic mass is 16.5. The summed E-state index contributed by atoms with van der Waals surface area (Å²) in [6.45, 7) is 0.900. The zero-order valence-electron chi connectivity index (χ0n) is 11.5. The number of aryl methyl sites for hydroxylation is 1. The minimum absolute atomic E-state index is 0.145. The molecule has 0 aliphatic carbocycles. The second kappa shape index (κ2) is 6.35. The molecule has 1 fully saturated rings. The molecule has 3 unspecified atom stereocenters. The van der Waals surface area contributed by atoms with Crippen LogP contribution in [0.4, 0.5) is 0 Å². The summed E-state index contributed by atoms with van der Waals surface area (Å²) in [4.78, 5) is 24.2. The van der Waals surface area contributed by atoms with Crippen molar-refractivity contribution in [2.45, 2.75) is 31.8 Å². The molecule has 1 aromatic rings. The number of aliphatic hydroxyl groups excluding tert-OH is 3. The molecular formula is C13H18N2O6. The summed E-state index contributed by atoms with van der Waals surface area (Å²) in [6.07, 6.45) is 1.60. The molecule has 0 radical (unpaired) electrons. The van der Waals surface area contributed by atoms with Gasteiger partial charge in [-0.2, -0.15) is 0 Å². The van der Waals surface area contributed by atoms with E-state index in [2.05, 4.69) is 0 Å². The van der Waals surface area contributed by atoms with Gasteiger partial charge in [0.15, 0.2) is 0 Å². The van der Waals surface area contributed by atoms with Gasteiger partial charge in [-0.05, 0) is 13.0 Å². The van der Waals surface area contributed by atoms with Gasteiger partial charge in [0.2, 0.25) is 0 Å². The zero-order valence-corrected chi connectivity index (χ0v) is 11.5. The summed E-state index contributed by atoms with van der Waals surface area (Å²) in [6, 6.07) is 0. The molecule has 8 heteroatoms. The first-order valence-electron chi connectivity index (χ1n) is 6.55. The van der Waals surface area contributed by atoms with Gasteiger partial charge >= 0.3 is 5.69 Å². The van der Waals surface area contributed by atoms with Crippen molar-refractivity contribution < 1.29 is 20.1 Å². The van der Waals surface area contributed by atoms with Gasteiger partial charge in [0, 0.05) is 24.4 Å². The highest BCUT2D eigenvalue weighted by molar-refractivity contribution is 5.23. The third-order valence-electron chi connectivity index (χ3n) is 3.37. The van der Waals surface area contributed by atoms with Gasteiger partial charge in [0.05, 0.1) is 19.3 Å². The second-order valence-corrected chi connectivity index (χ2v) is 4.86. The molecule has 1 aliphatic heterocycles. The van der Waals surface area contributed by atoms with Crippen LogP contribution in [0.2, 0.25) is 0 Å². The summed E-state index contributed by atoms with van der Waals surface area (Å²) >= 11 is 0. The van der Waals surface area contributed by atoms with Gasteiger partial charge in [0.25, 0.3) is 5.56 Å². The number of nitrogens with zero attached hydrogens (tertiary/aromatic N) is 2. The highest BCUT2D eigenvalue weighted by Gasteiger charge is 2.35. The van der Waals surface area contributed by atoms with Crippen LogP contribution in [-0.4, -0.2) is 49.9 Å². The van der Waals surface area contributed by atoms with Crippen LogP contribution in [0, 0.1) is 6.92 Å². The Balaban J connectivity index is 2.46. The van der Waals surface area contributed by atoms with Crippen LogP contribution < -0.4 is 11.2 Å². The number of ether oxygens (including phenoxy) is 1. The molecule has 2 heterocycles. The summed E-state index contributed by atoms with van der Waals surface area (Å²) in [5.74, 6) is 0. The van der Waals surface area contributed by atoms with Crippen molar-refractivity contribution in [3.05, 3.63) is 38.7 Å². The predicted molar refractivity (Wildman–Crippen MR) is 73.7 cm³/mol. The summed E-state index contributed by atoms with van der Waals surface area (Å²) in [5.41, 5.74) is -0.799. The molecule has 3 N–H and O–H groups in total. The standard InChI is InChI=1S/C13H18N2O6/c1-8-6-15(11-5-9(18)10(7-17)21-11)13(20)14(12(8)19)3-2-4-16/h2-3,6,9-11,16-18H,4-5,7H2,1H3/b3-2+. The molecule has 0 bridgehead atoms. The van der Waals surface area contributed by atoms with Crippen molar-refractivity contribution in [1.29, 1.82) is 0 Å². The van der Waals surface area contributed by atoms with Gasteiger partial charge in [-0.25, -0.2) is 9.36 Å². The van der Waals surface area contributed by atoms with Crippen molar-refractivity contribution in [3.63, 3.8) is 0 Å². The Kier molecular flexibility index (Phi) is 4.73. The maximum atomic E-state index is 12.3. The summed E-state index contributed by atoms with van der Waals surface area (Å²) in [5, 5.41) is 27.6. The normalized spacial score (nSPS) is 25.8. The molecule has 2 rings (SSSR count). The molecule has 0 saturated carbocycles. The first-order chi connectivity index (χ1) is 9.99. The Bertz CT molecular complexity index is 647. The quantitative estimate of drug-likeness (QED) is 0.618. The third kappa shape index (κ3) is 2.98. The van der Waals surface area contributed by atoms with Gasteiger partial charge in [-0.15, -0.1) is 0 Å². The van der Waals surface area contributed by atoms with Crippen molar-refractivity contribution in [3.8, 4) is 0 Å². The Labute approximate surface area is 120 Å². The van der Waals surface area contributed by atoms with E-state index in [4.69, 9.17) is 14.9 Å². The zero-order chi connectivity index (χ0) is 15.6. The van der Waals surface area contributed by atoms with Crippen molar-refractivity contribution in [2.75, 3.05) is 13.2 Å². The predicted octanol–water partition coefficient (Wildman–Crippen LogP) is -1.58. The molecule has 8 nitrogen and oxygen atoms in total. The first kappa shape index (κ1) is 15.6. The van der Waals surface area contributed by atoms with E-state index in [9.17, 15) is 14.7 Å². The van der Waals surface area contributed by atoms with E-state index in [1.807, 2.05) is 0 Å². The van der Waals surface area contributed by atoms with Gasteiger partial charge < -0.3 is 20.1 Å². The van der Waals surface area contributed by atoms with Crippen molar-refractivity contribution >= 4 is 6.20 Å². The molecule has 21 heavy (non-hydrogen) atoms. The molecule has 0 amide bonds. The second-order valence-electron chi connectivity index (χ2n) is 4.86. The van der Waals surface area contributed by atoms with E-state index < -0.39 is 29.7 Å². The average Bonchev–Trinajstić information content (AvgIpc) is 2.84. The van der Waals surface area contributed by atoms with Crippen LogP contribution in [0.3, 0.4) is 0 Å². The van der Waals surface area contributed by atoms with E-state index in [-0.39, 0.29) is 19.6 Å². The van der Waals surface area contributed by atoms with Gasteiger partial charge in [-0.3, -0.25) is 9.36 Å². The van der Waals surface area contributed by atoms with Crippen LogP contribution >= 0.6 is 0 Å². The molecule has 116 valence electrons. The minimum Gasteiger partial charge on any atom is -0.394 e. The molecule has 0 spiro atoms. The maximum absolute atomic E-state index is 12.3. The summed E-state index contributed by atoms with van der Waals surface area (Å²) < 4.78 is 7.49. The molecular weight excluding hydrogens is 280 g/mol. The van der Waals surface area contributed by atoms with E-state index in [1.165, 1.54) is 23.0 Å². The molecule has 1 aromatic heterocycles. The molecule has 3 atom stereocenters. The molecule has 1 saturated heterocycles. The Morgan fingerprint density at radius 1 is 1.43 bits per heavy atom. The fraction of sp³-hybridized carbons (Fsp3) is 0.538. The topological polar surface area (TPSA) is 114 Å². The fourth-order valence-corrected chi connectivity index (χ4v) is 2.26. The summed E-state index contributed by atoms with van der Waals surface area (Å²) in [7, 11) is 0. The number of rotatable bonds is 4. The maximum Gasteiger partial charge on any atom is 0.337 e. The number of hydrogen-bond donors (Lipinski definition) is 3. The third-order valence-corrected chi connectivity index (χ3v) is 3.37. The SMILES string of the molecule is Cc1cn(C2CC(O)C(CO)O2)c(=O)n(/C=C/CO)c1=O. The first-order valence-corrected chi connectivity index (χ1v) is 6.55. The highest BCUT2D eigenvalue weighted by Crippen LogP contribution is 2.27. The van der Waals surface area contributed by atoms with E-state index in [1.54, 1.807) is 6.92 Å². The monoisotopic (exact) mass is 298 g/mol. The van der Waals surface area contributed by atoms with Crippen LogP contribution in [0.25, 0.3) is 6.20 Å². The van der Waals surface area contributed by atoms with Crippen LogP contribution in [0.1, 0.15) is 18.2 Å². The van der Waals surface area contributed by atoms with Crippen LogP contribution in [0.5, 0.6) is 0 Å². The Morgan fingerprint density at radius 3 is 2.71 bits per heavy atom. The van der Waals surface area contributed by atoms with E-state index in [0.29, 0.717) is 5.56 Å². The van der Waals surface area contributed by atoms with Crippen LogP contribution in [-0.2, 0) is 4.74 Å². The number of aromatic nitrogens is 2. The largest absolute Gasteiger partial charge is 0.394 e. The van der Waals surface area contributed by atoms with Crippen LogP contribution in [0.15, 0.2) is 21.9 Å². The number of aliphatic hydroxyl groups is 3. The molecule has 0 aromatic carbocycles. The lowest BCUT2D eigenvalue weighted by Crippen LogP contribution is -2.39. The Hall–Kier alpha value is -1.74. The Morgan fingerprint density at radius 2 is 2.14 bits per heavy atom. The lowest BCUT2D eigenvalue weighted by Gasteiger charge is -2.16. The van der Waals surface area contributed by atoms with Crippen molar-refractivity contribution in [1.82, 2.24) is 9.13 Å². The van der Waals surface area contributed by atoms with E-state index in [0.717, 1.165) is 4.57 Å².